The summed E-state index contributed by atoms with van der Waals surface area (Å²) in [5.74, 6) is -1.42. The van der Waals surface area contributed by atoms with Gasteiger partial charge in [0, 0.05) is 11.1 Å². The molecule has 11 nitrogen and oxygen atoms in total. The molecule has 21 heteroatoms. The average Bonchev–Trinajstić information content (AvgIpc) is 3.63. The van der Waals surface area contributed by atoms with Gasteiger partial charge in [-0.25, -0.2) is 27.7 Å². The lowest BCUT2D eigenvalue weighted by Gasteiger charge is -2.24. The number of hydrogen-bond acceptors (Lipinski definition) is 10. The lowest BCUT2D eigenvalue weighted by Crippen LogP contribution is -2.36. The predicted octanol–water partition coefficient (Wildman–Crippen LogP) is 10.8. The van der Waals surface area contributed by atoms with Crippen LogP contribution in [0.1, 0.15) is 67.4 Å². The minimum Gasteiger partial charge on any atom is -0.469 e. The van der Waals surface area contributed by atoms with Crippen molar-refractivity contribution in [3.05, 3.63) is 35.4 Å². The van der Waals surface area contributed by atoms with Gasteiger partial charge in [-0.2, -0.15) is 43.4 Å². The number of likely N-dealkylation sites (tertiary alicyclic amines) is 1. The molecule has 0 saturated carbocycles. The van der Waals surface area contributed by atoms with Crippen molar-refractivity contribution in [3.63, 3.8) is 0 Å². The molecule has 56 heavy (non-hydrogen) atoms. The molecule has 2 atom stereocenters. The second kappa shape index (κ2) is 18.9. The summed E-state index contributed by atoms with van der Waals surface area (Å²) in [7, 11) is 1.11. The molecule has 1 fully saturated rings. The van der Waals surface area contributed by atoms with Crippen molar-refractivity contribution in [1.82, 2.24) is 19.9 Å². The van der Waals surface area contributed by atoms with Gasteiger partial charge in [-0.3, -0.25) is 5.32 Å². The van der Waals surface area contributed by atoms with Crippen LogP contribution in [0.15, 0.2) is 18.2 Å². The molecule has 4 aromatic rings. The molecule has 0 spiro atoms. The molecule has 5 rings (SSSR count). The molecule has 1 aliphatic rings. The van der Waals surface area contributed by atoms with Crippen molar-refractivity contribution < 1.29 is 58.4 Å². The number of rotatable bonds is 5. The maximum absolute atomic E-state index is 16.5. The summed E-state index contributed by atoms with van der Waals surface area (Å²) >= 11 is 0.748. The van der Waals surface area contributed by atoms with E-state index in [-0.39, 0.29) is 21.9 Å². The van der Waals surface area contributed by atoms with Crippen molar-refractivity contribution >= 4 is 81.4 Å². The van der Waals surface area contributed by atoms with Gasteiger partial charge in [0.25, 0.3) is 0 Å². The minimum atomic E-state index is -5.21. The number of alkyl halides is 4. The second-order valence-electron chi connectivity index (χ2n) is 14.2. The number of carbonyl (C=O) groups excluding carboxylic acids is 2. The summed E-state index contributed by atoms with van der Waals surface area (Å²) in [5, 5.41) is 1.51. The maximum atomic E-state index is 16.5. The summed E-state index contributed by atoms with van der Waals surface area (Å²) in [6.45, 7) is 13.1. The molecule has 2 amide bonds. The third kappa shape index (κ3) is 12.5. The van der Waals surface area contributed by atoms with Crippen LogP contribution in [0.25, 0.3) is 32.2 Å². The Kier molecular flexibility index (Phi) is 15.8. The van der Waals surface area contributed by atoms with Crippen molar-refractivity contribution in [3.8, 4) is 23.0 Å². The number of nitrogens with zero attached hydrogens (tertiary/aromatic N) is 4. The number of fused-ring (bicyclic) bond motifs is 2. The predicted molar refractivity (Wildman–Crippen MR) is 209 cm³/mol. The fourth-order valence-electron chi connectivity index (χ4n) is 4.93. The van der Waals surface area contributed by atoms with E-state index in [0.29, 0.717) is 17.4 Å². The fourth-order valence-corrected chi connectivity index (χ4v) is 5.82. The summed E-state index contributed by atoms with van der Waals surface area (Å²) in [6, 6.07) is 1.76. The molecule has 2 aromatic carbocycles. The Morgan fingerprint density at radius 3 is 2.12 bits per heavy atom. The van der Waals surface area contributed by atoms with E-state index >= 15 is 8.78 Å². The molecule has 2 aromatic heterocycles. The number of methoxy groups -OCH3 is 1. The summed E-state index contributed by atoms with van der Waals surface area (Å²) in [6.07, 6.45) is -8.98. The van der Waals surface area contributed by atoms with Crippen LogP contribution in [0.5, 0.6) is 11.9 Å². The van der Waals surface area contributed by atoms with Crippen molar-refractivity contribution in [2.45, 2.75) is 97.3 Å². The van der Waals surface area contributed by atoms with Gasteiger partial charge >= 0.3 is 35.7 Å². The highest BCUT2D eigenvalue weighted by Gasteiger charge is 2.41. The summed E-state index contributed by atoms with van der Waals surface area (Å²) < 4.78 is 123. The Hall–Kier alpha value is -3.42. The average molecular weight is 948 g/mol. The van der Waals surface area contributed by atoms with Crippen LogP contribution in [0, 0.1) is 11.6 Å². The molecule has 0 bridgehead atoms. The molecule has 2 unspecified atom stereocenters. The molecule has 0 radical (unpaired) electrons. The van der Waals surface area contributed by atoms with Gasteiger partial charge in [-0.15, -0.1) is 0 Å². The third-order valence-electron chi connectivity index (χ3n) is 6.85. The summed E-state index contributed by atoms with van der Waals surface area (Å²) in [5.41, 5.74) is -5.90. The van der Waals surface area contributed by atoms with E-state index < -0.39 is 111 Å². The molecule has 1 aliphatic heterocycles. The number of hydrogen-bond donors (Lipinski definition) is 1. The molecule has 1 saturated heterocycles. The molecule has 0 aliphatic carbocycles. The Morgan fingerprint density at radius 2 is 1.59 bits per heavy atom. The third-order valence-corrected chi connectivity index (χ3v) is 7.83. The second-order valence-corrected chi connectivity index (χ2v) is 21.4. The first-order chi connectivity index (χ1) is 25.8. The van der Waals surface area contributed by atoms with Crippen molar-refractivity contribution in [2.75, 3.05) is 25.5 Å². The Balaban J connectivity index is 0.00000111. The van der Waals surface area contributed by atoms with Gasteiger partial charge < -0.3 is 27.4 Å². The lowest BCUT2D eigenvalue weighted by molar-refractivity contribution is -0.137. The minimum absolute atomic E-state index is 0.220. The van der Waals surface area contributed by atoms with E-state index in [4.69, 9.17) is 18.9 Å². The van der Waals surface area contributed by atoms with Crippen molar-refractivity contribution in [1.29, 1.82) is 0 Å². The zero-order valence-corrected chi connectivity index (χ0v) is 36.4. The molecule has 1 N–H and O–H groups in total. The largest absolute Gasteiger partial charge is 0.594 e. The first-order valence-electron chi connectivity index (χ1n) is 17.1. The van der Waals surface area contributed by atoms with Crippen LogP contribution >= 0.6 is 31.6 Å². The zero-order chi connectivity index (χ0) is 42.5. The smallest absolute Gasteiger partial charge is 0.469 e. The number of benzene rings is 2. The van der Waals surface area contributed by atoms with Crippen LogP contribution in [0.4, 0.5) is 44.6 Å². The molecular weight excluding hydrogens is 905 g/mol. The number of carbonyl (C=O) groups is 2. The SMILES string of the molecule is CCC.COc1nc(OC2CN(C(=O)OC(C)(C)C)CC2F)c2cc(C(F)(F)F)c(-c3ccc(F)c4sc(NC(=O)OC(C)(C)C)nc34)c(F)c2n1.[CH3][Al]([F])[I]. The van der Waals surface area contributed by atoms with E-state index in [1.165, 1.54) is 6.42 Å². The van der Waals surface area contributed by atoms with Crippen LogP contribution in [-0.4, -0.2) is 87.0 Å². The first kappa shape index (κ1) is 47.0. The van der Waals surface area contributed by atoms with Gasteiger partial charge in [0.2, 0.25) is 5.88 Å². The number of nitrogens with one attached hydrogen (secondary N) is 1. The number of ether oxygens (including phenoxy) is 4. The maximum Gasteiger partial charge on any atom is 0.594 e. The topological polar surface area (TPSA) is 125 Å². The van der Waals surface area contributed by atoms with Gasteiger partial charge in [0.05, 0.1) is 41.4 Å². The number of halogens is 8. The van der Waals surface area contributed by atoms with E-state index in [1.54, 1.807) is 47.3 Å². The molecule has 308 valence electrons. The van der Waals surface area contributed by atoms with Crippen molar-refractivity contribution in [2.24, 2.45) is 0 Å². The van der Waals surface area contributed by atoms with Crippen LogP contribution in [0.3, 0.4) is 0 Å². The number of amides is 2. The zero-order valence-electron chi connectivity index (χ0n) is 32.3. The van der Waals surface area contributed by atoms with E-state index in [9.17, 15) is 30.7 Å². The quantitative estimate of drug-likeness (QED) is 0.118. The monoisotopic (exact) mass is 947 g/mol. The van der Waals surface area contributed by atoms with Crippen LogP contribution in [0.2, 0.25) is 5.79 Å². The highest BCUT2D eigenvalue weighted by atomic mass is 127. The van der Waals surface area contributed by atoms with Gasteiger partial charge in [0.1, 0.15) is 22.5 Å². The lowest BCUT2D eigenvalue weighted by atomic mass is 9.95. The Bertz CT molecular complexity index is 2020. The normalized spacial score (nSPS) is 15.7. The Labute approximate surface area is 339 Å². The molecule has 3 heterocycles. The van der Waals surface area contributed by atoms with E-state index in [1.807, 2.05) is 20.3 Å². The number of thiazole rings is 1. The van der Waals surface area contributed by atoms with Gasteiger partial charge in [-0.05, 0) is 59.7 Å². The number of anilines is 1. The number of aromatic nitrogens is 3. The summed E-state index contributed by atoms with van der Waals surface area (Å²) in [4.78, 5) is 37.8. The van der Waals surface area contributed by atoms with Crippen LogP contribution in [-0.2, 0) is 15.7 Å². The van der Waals surface area contributed by atoms with Gasteiger partial charge in [-0.1, -0.05) is 37.4 Å². The Morgan fingerprint density at radius 1 is 1.00 bits per heavy atom. The highest BCUT2D eigenvalue weighted by Crippen LogP contribution is 2.46. The molecular formula is C35H42AlF7IN5O6S. The van der Waals surface area contributed by atoms with Gasteiger partial charge in [0.15, 0.2) is 23.2 Å². The van der Waals surface area contributed by atoms with E-state index in [2.05, 4.69) is 34.1 Å². The van der Waals surface area contributed by atoms with Crippen LogP contribution < -0.4 is 14.8 Å². The van der Waals surface area contributed by atoms with E-state index in [0.717, 1.165) is 24.1 Å². The standard InChI is InChI=1S/C31H31F6N5O6S.C3H8.CH3.Al.FH.HI/c1-29(2,3)47-27(43)41-26-39-22-13(8-9-16(32)23(22)49-26)19-15(31(35,36)37)10-14-21(20(19)34)38-25(45-7)40-24(14)46-18-12-42(11-17(18)33)28(44)48-30(4,5)6;1-3-2;;;;/h8-10,17-18H,11-12H2,1-7H3,(H,39,41,43);3H2,1-2H3;1H3;;2*1H/q;;;+2;;/p-2. The highest BCUT2D eigenvalue weighted by molar-refractivity contribution is 14.1. The fraction of sp³-hybridized carbons (Fsp3) is 0.514. The first-order valence-corrected chi connectivity index (χ1v) is 23.7.